The SMILES string of the molecule is C#CCNC(=O)[C@]12CCC(C)(C)C[C@H]1C1=CC[C@@H]3[C@@]4(C)CC[C@H](O)[C@@](C)(CO)[C@@H]4CC[C@@]3(C)[C@]1(C)CC2. The standard InChI is InChI=1S/C33H51NO3/c1-8-19-34-27(37)33-17-15-28(2,3)20-23(33)22-9-10-25-29(4)13-12-26(36)30(5,21-35)24(29)11-14-32(25,7)31(22,6)16-18-33/h1,9,23-26,35-36H,10-21H2,2-7H3,(H,34,37)/t23-,24+,25+,26-,29-,30-,31+,32+,33-/m0/s1. The molecule has 5 aliphatic rings. The second kappa shape index (κ2) is 8.59. The van der Waals surface area contributed by atoms with Gasteiger partial charge in [0.25, 0.3) is 0 Å². The number of carbonyl (C=O) groups excluding carboxylic acids is 1. The maximum Gasteiger partial charge on any atom is 0.227 e. The molecule has 37 heavy (non-hydrogen) atoms. The van der Waals surface area contributed by atoms with Crippen molar-refractivity contribution in [3.63, 3.8) is 0 Å². The van der Waals surface area contributed by atoms with Crippen molar-refractivity contribution in [2.75, 3.05) is 13.2 Å². The molecule has 0 aliphatic heterocycles. The summed E-state index contributed by atoms with van der Waals surface area (Å²) in [7, 11) is 0. The number of carbonyl (C=O) groups is 1. The molecule has 5 rings (SSSR count). The van der Waals surface area contributed by atoms with E-state index in [-0.39, 0.29) is 45.5 Å². The number of rotatable bonds is 3. The lowest BCUT2D eigenvalue weighted by atomic mass is 9.33. The first kappa shape index (κ1) is 27.3. The molecule has 0 radical (unpaired) electrons. The third kappa shape index (κ3) is 3.52. The van der Waals surface area contributed by atoms with Crippen LogP contribution < -0.4 is 5.32 Å². The number of amides is 1. The summed E-state index contributed by atoms with van der Waals surface area (Å²) in [4.78, 5) is 13.8. The van der Waals surface area contributed by atoms with Crippen molar-refractivity contribution in [1.29, 1.82) is 0 Å². The Kier molecular flexibility index (Phi) is 6.33. The molecular formula is C33H51NO3. The second-order valence-electron chi connectivity index (χ2n) is 15.5. The largest absolute Gasteiger partial charge is 0.396 e. The van der Waals surface area contributed by atoms with Crippen LogP contribution in [0.5, 0.6) is 0 Å². The van der Waals surface area contributed by atoms with E-state index in [0.717, 1.165) is 64.2 Å². The summed E-state index contributed by atoms with van der Waals surface area (Å²) >= 11 is 0. The van der Waals surface area contributed by atoms with Gasteiger partial charge in [-0.15, -0.1) is 6.42 Å². The molecule has 0 aromatic rings. The van der Waals surface area contributed by atoms with E-state index < -0.39 is 11.5 Å². The maximum absolute atomic E-state index is 13.8. The van der Waals surface area contributed by atoms with Gasteiger partial charge in [0.15, 0.2) is 0 Å². The van der Waals surface area contributed by atoms with Crippen molar-refractivity contribution in [3.8, 4) is 12.3 Å². The van der Waals surface area contributed by atoms with Gasteiger partial charge in [-0.05, 0) is 104 Å². The fraction of sp³-hybridized carbons (Fsp3) is 0.848. The fourth-order valence-corrected chi connectivity index (χ4v) is 11.0. The molecule has 4 fully saturated rings. The average molecular weight is 510 g/mol. The van der Waals surface area contributed by atoms with Gasteiger partial charge < -0.3 is 15.5 Å². The van der Waals surface area contributed by atoms with E-state index in [9.17, 15) is 15.0 Å². The fourth-order valence-electron chi connectivity index (χ4n) is 11.0. The number of aliphatic hydroxyl groups excluding tert-OH is 2. The lowest BCUT2D eigenvalue weighted by molar-refractivity contribution is -0.215. The van der Waals surface area contributed by atoms with Crippen molar-refractivity contribution >= 4 is 5.91 Å². The van der Waals surface area contributed by atoms with E-state index in [1.165, 1.54) is 0 Å². The van der Waals surface area contributed by atoms with Crippen LogP contribution in [0.2, 0.25) is 0 Å². The van der Waals surface area contributed by atoms with Crippen LogP contribution in [0, 0.1) is 62.6 Å². The lowest BCUT2D eigenvalue weighted by Gasteiger charge is -2.71. The van der Waals surface area contributed by atoms with Crippen molar-refractivity contribution in [1.82, 2.24) is 5.32 Å². The average Bonchev–Trinajstić information content (AvgIpc) is 2.85. The second-order valence-corrected chi connectivity index (χ2v) is 15.5. The smallest absolute Gasteiger partial charge is 0.227 e. The molecule has 0 unspecified atom stereocenters. The highest BCUT2D eigenvalue weighted by atomic mass is 16.3. The Labute approximate surface area is 225 Å². The number of allylic oxidation sites excluding steroid dienone is 2. The Morgan fingerprint density at radius 1 is 1.03 bits per heavy atom. The van der Waals surface area contributed by atoms with Crippen LogP contribution >= 0.6 is 0 Å². The molecule has 0 bridgehead atoms. The summed E-state index contributed by atoms with van der Waals surface area (Å²) in [5.41, 5.74) is 1.32. The van der Waals surface area contributed by atoms with Crippen LogP contribution in [0.4, 0.5) is 0 Å². The van der Waals surface area contributed by atoms with Crippen LogP contribution in [0.3, 0.4) is 0 Å². The highest BCUT2D eigenvalue weighted by molar-refractivity contribution is 5.84. The lowest BCUT2D eigenvalue weighted by Crippen LogP contribution is -2.66. The maximum atomic E-state index is 13.8. The van der Waals surface area contributed by atoms with Gasteiger partial charge in [-0.25, -0.2) is 0 Å². The molecular weight excluding hydrogens is 458 g/mol. The minimum atomic E-state index is -0.427. The summed E-state index contributed by atoms with van der Waals surface area (Å²) < 4.78 is 0. The topological polar surface area (TPSA) is 69.6 Å². The van der Waals surface area contributed by atoms with Crippen molar-refractivity contribution < 1.29 is 15.0 Å². The summed E-state index contributed by atoms with van der Waals surface area (Å²) in [5, 5.41) is 24.6. The predicted octanol–water partition coefficient (Wildman–Crippen LogP) is 5.87. The van der Waals surface area contributed by atoms with E-state index >= 15 is 0 Å². The van der Waals surface area contributed by atoms with Gasteiger partial charge in [0.1, 0.15) is 0 Å². The van der Waals surface area contributed by atoms with Gasteiger partial charge in [0.2, 0.25) is 5.91 Å². The number of hydrogen-bond donors (Lipinski definition) is 3. The summed E-state index contributed by atoms with van der Waals surface area (Å²) in [6.45, 7) is 14.8. The van der Waals surface area contributed by atoms with E-state index in [0.29, 0.717) is 18.4 Å². The molecule has 0 aromatic carbocycles. The van der Waals surface area contributed by atoms with Crippen LogP contribution in [-0.2, 0) is 4.79 Å². The monoisotopic (exact) mass is 509 g/mol. The Morgan fingerprint density at radius 3 is 2.41 bits per heavy atom. The Morgan fingerprint density at radius 2 is 1.73 bits per heavy atom. The predicted molar refractivity (Wildman–Crippen MR) is 148 cm³/mol. The van der Waals surface area contributed by atoms with Crippen molar-refractivity contribution in [3.05, 3.63) is 11.6 Å². The zero-order chi connectivity index (χ0) is 27.1. The number of nitrogens with one attached hydrogen (secondary N) is 1. The van der Waals surface area contributed by atoms with Crippen LogP contribution in [0.25, 0.3) is 0 Å². The highest BCUT2D eigenvalue weighted by Gasteiger charge is 2.69. The summed E-state index contributed by atoms with van der Waals surface area (Å²) in [6, 6.07) is 0. The van der Waals surface area contributed by atoms with Gasteiger partial charge >= 0.3 is 0 Å². The van der Waals surface area contributed by atoms with Crippen LogP contribution in [0.15, 0.2) is 11.6 Å². The molecule has 0 heterocycles. The van der Waals surface area contributed by atoms with Gasteiger partial charge in [-0.1, -0.05) is 59.1 Å². The van der Waals surface area contributed by atoms with Crippen molar-refractivity contribution in [2.45, 2.75) is 112 Å². The number of hydrogen-bond acceptors (Lipinski definition) is 3. The first-order valence-corrected chi connectivity index (χ1v) is 15.0. The number of aliphatic hydroxyl groups is 2. The normalized spacial score (nSPS) is 50.3. The molecule has 0 saturated heterocycles. The number of terminal acetylenes is 1. The molecule has 1 amide bonds. The zero-order valence-electron chi connectivity index (χ0n) is 24.3. The molecule has 0 spiro atoms. The molecule has 9 atom stereocenters. The Balaban J connectivity index is 1.57. The van der Waals surface area contributed by atoms with Crippen LogP contribution in [-0.4, -0.2) is 35.4 Å². The minimum Gasteiger partial charge on any atom is -0.396 e. The van der Waals surface area contributed by atoms with E-state index in [4.69, 9.17) is 6.42 Å². The molecule has 4 heteroatoms. The third-order valence-corrected chi connectivity index (χ3v) is 13.6. The molecule has 5 aliphatic carbocycles. The van der Waals surface area contributed by atoms with Gasteiger partial charge in [-0.3, -0.25) is 4.79 Å². The molecule has 206 valence electrons. The first-order chi connectivity index (χ1) is 17.2. The van der Waals surface area contributed by atoms with E-state index in [2.05, 4.69) is 58.9 Å². The van der Waals surface area contributed by atoms with Gasteiger partial charge in [0, 0.05) is 5.41 Å². The summed E-state index contributed by atoms with van der Waals surface area (Å²) in [5.74, 6) is 3.91. The minimum absolute atomic E-state index is 0.0582. The van der Waals surface area contributed by atoms with E-state index in [1.807, 2.05) is 0 Å². The molecule has 3 N–H and O–H groups in total. The van der Waals surface area contributed by atoms with Crippen molar-refractivity contribution in [2.24, 2.45) is 50.2 Å². The Hall–Kier alpha value is -1.31. The van der Waals surface area contributed by atoms with Gasteiger partial charge in [-0.2, -0.15) is 0 Å². The quantitative estimate of drug-likeness (QED) is 0.329. The van der Waals surface area contributed by atoms with E-state index in [1.54, 1.807) is 5.57 Å². The van der Waals surface area contributed by atoms with Crippen LogP contribution in [0.1, 0.15) is 106 Å². The first-order valence-electron chi connectivity index (χ1n) is 15.0. The molecule has 0 aromatic heterocycles. The molecule has 4 nitrogen and oxygen atoms in total. The summed E-state index contributed by atoms with van der Waals surface area (Å²) in [6.07, 6.45) is 17.8. The zero-order valence-corrected chi connectivity index (χ0v) is 24.3. The van der Waals surface area contributed by atoms with Gasteiger partial charge in [0.05, 0.1) is 24.7 Å². The number of fused-ring (bicyclic) bond motifs is 7. The third-order valence-electron chi connectivity index (χ3n) is 13.6. The Bertz CT molecular complexity index is 1030. The highest BCUT2D eigenvalue weighted by Crippen LogP contribution is 2.75. The molecule has 4 saturated carbocycles.